The second kappa shape index (κ2) is 6.24. The number of carboxylic acid groups (broad SMARTS) is 1. The van der Waals surface area contributed by atoms with Crippen LogP contribution in [0.25, 0.3) is 0 Å². The molecule has 1 saturated heterocycles. The second-order valence-corrected chi connectivity index (χ2v) is 5.34. The van der Waals surface area contributed by atoms with Gasteiger partial charge < -0.3 is 15.1 Å². The Morgan fingerprint density at radius 3 is 2.70 bits per heavy atom. The van der Waals surface area contributed by atoms with Gasteiger partial charge in [-0.05, 0) is 11.6 Å². The molecule has 1 amide bonds. The third kappa shape index (κ3) is 3.11. The Labute approximate surface area is 121 Å². The summed E-state index contributed by atoms with van der Waals surface area (Å²) in [6.45, 7) is 0.281. The van der Waals surface area contributed by atoms with Crippen LogP contribution in [-0.2, 0) is 9.59 Å². The van der Waals surface area contributed by atoms with Crippen LogP contribution in [0.4, 0.5) is 0 Å². The van der Waals surface area contributed by atoms with E-state index in [-0.39, 0.29) is 31.3 Å². The lowest BCUT2D eigenvalue weighted by molar-refractivity contribution is -0.139. The number of carbonyl (C=O) groups is 2. The fraction of sp³-hybridized carbons (Fsp3) is 0.429. The van der Waals surface area contributed by atoms with Crippen LogP contribution in [0.1, 0.15) is 24.4 Å². The molecule has 0 radical (unpaired) electrons. The smallest absolute Gasteiger partial charge is 0.305 e. The zero-order chi connectivity index (χ0) is 14.7. The number of carbonyl (C=O) groups excluding carboxylic acids is 1. The van der Waals surface area contributed by atoms with Crippen LogP contribution >= 0.6 is 11.6 Å². The van der Waals surface area contributed by atoms with Crippen molar-refractivity contribution in [3.63, 3.8) is 0 Å². The summed E-state index contributed by atoms with van der Waals surface area (Å²) in [7, 11) is 0. The quantitative estimate of drug-likeness (QED) is 0.867. The monoisotopic (exact) mass is 297 g/mol. The summed E-state index contributed by atoms with van der Waals surface area (Å²) in [5.74, 6) is -1.27. The molecule has 6 heteroatoms. The lowest BCUT2D eigenvalue weighted by Crippen LogP contribution is -2.32. The number of aliphatic hydroxyl groups is 1. The molecule has 5 nitrogen and oxygen atoms in total. The molecule has 0 spiro atoms. The summed E-state index contributed by atoms with van der Waals surface area (Å²) in [6.07, 6.45) is 0.0463. The molecule has 2 rings (SSSR count). The molecule has 1 fully saturated rings. The number of hydrogen-bond donors (Lipinski definition) is 2. The van der Waals surface area contributed by atoms with Gasteiger partial charge in [0.15, 0.2) is 0 Å². The van der Waals surface area contributed by atoms with Crippen molar-refractivity contribution >= 4 is 23.5 Å². The third-order valence-corrected chi connectivity index (χ3v) is 3.85. The van der Waals surface area contributed by atoms with E-state index in [0.717, 1.165) is 0 Å². The van der Waals surface area contributed by atoms with Crippen molar-refractivity contribution < 1.29 is 19.8 Å². The van der Waals surface area contributed by atoms with E-state index in [1.165, 1.54) is 4.90 Å². The van der Waals surface area contributed by atoms with Gasteiger partial charge in [0.05, 0.1) is 12.5 Å². The van der Waals surface area contributed by atoms with E-state index in [2.05, 4.69) is 0 Å². The molecule has 1 heterocycles. The van der Waals surface area contributed by atoms with Gasteiger partial charge in [-0.25, -0.2) is 0 Å². The molecule has 2 atom stereocenters. The topological polar surface area (TPSA) is 77.8 Å². The highest BCUT2D eigenvalue weighted by atomic mass is 35.5. The van der Waals surface area contributed by atoms with Crippen LogP contribution in [0.15, 0.2) is 24.3 Å². The summed E-state index contributed by atoms with van der Waals surface area (Å²) in [6, 6.07) is 6.34. The molecule has 1 aliphatic rings. The summed E-state index contributed by atoms with van der Waals surface area (Å²) >= 11 is 6.12. The number of benzene rings is 1. The van der Waals surface area contributed by atoms with Crippen molar-refractivity contribution in [2.45, 2.75) is 18.9 Å². The minimum atomic E-state index is -0.991. The van der Waals surface area contributed by atoms with Crippen LogP contribution in [0.5, 0.6) is 0 Å². The Kier molecular flexibility index (Phi) is 4.62. The average Bonchev–Trinajstić information content (AvgIpc) is 2.78. The highest BCUT2D eigenvalue weighted by Crippen LogP contribution is 2.34. The van der Waals surface area contributed by atoms with E-state index in [4.69, 9.17) is 21.8 Å². The van der Waals surface area contributed by atoms with Crippen molar-refractivity contribution in [2.75, 3.05) is 13.2 Å². The molecule has 1 aromatic carbocycles. The molecular weight excluding hydrogens is 282 g/mol. The van der Waals surface area contributed by atoms with Crippen molar-refractivity contribution in [3.05, 3.63) is 34.9 Å². The molecule has 20 heavy (non-hydrogen) atoms. The van der Waals surface area contributed by atoms with Gasteiger partial charge in [-0.15, -0.1) is 0 Å². The summed E-state index contributed by atoms with van der Waals surface area (Å²) in [5, 5.41) is 18.7. The van der Waals surface area contributed by atoms with E-state index in [0.29, 0.717) is 17.1 Å². The Morgan fingerprint density at radius 2 is 2.15 bits per heavy atom. The Balaban J connectivity index is 2.31. The first kappa shape index (κ1) is 14.8. The van der Waals surface area contributed by atoms with E-state index >= 15 is 0 Å². The van der Waals surface area contributed by atoms with Gasteiger partial charge in [-0.2, -0.15) is 0 Å². The van der Waals surface area contributed by atoms with Crippen molar-refractivity contribution in [1.29, 1.82) is 0 Å². The number of halogens is 1. The standard InChI is InChI=1S/C14H16ClNO4/c15-11-4-2-1-3-10(11)12(6-14(19)20)16-7-9(8-17)5-13(16)18/h1-4,9,12,17H,5-8H2,(H,19,20). The van der Waals surface area contributed by atoms with Crippen LogP contribution in [0.3, 0.4) is 0 Å². The molecule has 108 valence electrons. The van der Waals surface area contributed by atoms with Crippen LogP contribution in [-0.4, -0.2) is 40.1 Å². The minimum Gasteiger partial charge on any atom is -0.481 e. The number of hydrogen-bond acceptors (Lipinski definition) is 3. The van der Waals surface area contributed by atoms with Crippen molar-refractivity contribution in [1.82, 2.24) is 4.90 Å². The maximum absolute atomic E-state index is 12.0. The number of nitrogens with zero attached hydrogens (tertiary/aromatic N) is 1. The zero-order valence-corrected chi connectivity index (χ0v) is 11.6. The first-order chi connectivity index (χ1) is 9.52. The zero-order valence-electron chi connectivity index (χ0n) is 10.8. The van der Waals surface area contributed by atoms with Gasteiger partial charge in [-0.1, -0.05) is 29.8 Å². The molecule has 2 N–H and O–H groups in total. The van der Waals surface area contributed by atoms with Gasteiger partial charge in [0.1, 0.15) is 0 Å². The van der Waals surface area contributed by atoms with E-state index in [9.17, 15) is 9.59 Å². The Hall–Kier alpha value is -1.59. The molecule has 0 bridgehead atoms. The first-order valence-electron chi connectivity index (χ1n) is 6.39. The number of rotatable bonds is 5. The SMILES string of the molecule is O=C(O)CC(c1ccccc1Cl)N1CC(CO)CC1=O. The number of aliphatic hydroxyl groups excluding tert-OH is 1. The molecular formula is C14H16ClNO4. The maximum atomic E-state index is 12.0. The number of amides is 1. The largest absolute Gasteiger partial charge is 0.481 e. The van der Waals surface area contributed by atoms with Gasteiger partial charge in [0, 0.05) is 30.5 Å². The number of aliphatic carboxylic acids is 1. The lowest BCUT2D eigenvalue weighted by Gasteiger charge is -2.28. The lowest BCUT2D eigenvalue weighted by atomic mass is 10.0. The fourth-order valence-corrected chi connectivity index (χ4v) is 2.79. The molecule has 0 aliphatic carbocycles. The van der Waals surface area contributed by atoms with Gasteiger partial charge in [-0.3, -0.25) is 9.59 Å². The van der Waals surface area contributed by atoms with E-state index in [1.54, 1.807) is 24.3 Å². The molecule has 0 saturated carbocycles. The van der Waals surface area contributed by atoms with Gasteiger partial charge >= 0.3 is 5.97 Å². The normalized spacial score (nSPS) is 20.2. The highest BCUT2D eigenvalue weighted by molar-refractivity contribution is 6.31. The number of carboxylic acids is 1. The van der Waals surface area contributed by atoms with E-state index < -0.39 is 12.0 Å². The van der Waals surface area contributed by atoms with Crippen LogP contribution < -0.4 is 0 Å². The fourth-order valence-electron chi connectivity index (χ4n) is 2.53. The summed E-state index contributed by atoms with van der Waals surface area (Å²) in [4.78, 5) is 24.6. The molecule has 1 aliphatic heterocycles. The Morgan fingerprint density at radius 1 is 1.45 bits per heavy atom. The maximum Gasteiger partial charge on any atom is 0.305 e. The number of likely N-dealkylation sites (tertiary alicyclic amines) is 1. The first-order valence-corrected chi connectivity index (χ1v) is 6.77. The average molecular weight is 298 g/mol. The molecule has 0 aromatic heterocycles. The van der Waals surface area contributed by atoms with E-state index in [1.807, 2.05) is 0 Å². The highest BCUT2D eigenvalue weighted by Gasteiger charge is 2.36. The summed E-state index contributed by atoms with van der Waals surface area (Å²) < 4.78 is 0. The summed E-state index contributed by atoms with van der Waals surface area (Å²) in [5.41, 5.74) is 0.628. The minimum absolute atomic E-state index is 0.0788. The molecule has 2 unspecified atom stereocenters. The van der Waals surface area contributed by atoms with Crippen molar-refractivity contribution in [3.8, 4) is 0 Å². The second-order valence-electron chi connectivity index (χ2n) is 4.93. The molecule has 1 aromatic rings. The van der Waals surface area contributed by atoms with Gasteiger partial charge in [0.25, 0.3) is 0 Å². The van der Waals surface area contributed by atoms with Gasteiger partial charge in [0.2, 0.25) is 5.91 Å². The van der Waals surface area contributed by atoms with Crippen molar-refractivity contribution in [2.24, 2.45) is 5.92 Å². The van der Waals surface area contributed by atoms with Crippen LogP contribution in [0, 0.1) is 5.92 Å². The van der Waals surface area contributed by atoms with Crippen LogP contribution in [0.2, 0.25) is 5.02 Å². The Bertz CT molecular complexity index is 520. The predicted molar refractivity (Wildman–Crippen MR) is 73.4 cm³/mol. The predicted octanol–water partition coefficient (Wildman–Crippen LogP) is 1.70. The third-order valence-electron chi connectivity index (χ3n) is 3.51.